The average molecular weight is 303 g/mol. The highest BCUT2D eigenvalue weighted by atomic mass is 16.5. The van der Waals surface area contributed by atoms with Crippen molar-refractivity contribution in [2.24, 2.45) is 5.92 Å². The first-order valence-electron chi connectivity index (χ1n) is 7.68. The van der Waals surface area contributed by atoms with E-state index in [1.807, 2.05) is 0 Å². The Morgan fingerprint density at radius 3 is 2.45 bits per heavy atom. The van der Waals surface area contributed by atoms with Gasteiger partial charge in [-0.05, 0) is 30.9 Å². The van der Waals surface area contributed by atoms with Crippen molar-refractivity contribution in [2.75, 3.05) is 13.2 Å². The monoisotopic (exact) mass is 303 g/mol. The first-order chi connectivity index (χ1) is 10.7. The molecule has 1 N–H and O–H groups in total. The predicted octanol–water partition coefficient (Wildman–Crippen LogP) is 2.35. The van der Waals surface area contributed by atoms with Crippen molar-refractivity contribution in [2.45, 2.75) is 32.1 Å². The molecule has 1 aromatic carbocycles. The molecule has 0 bridgehead atoms. The maximum absolute atomic E-state index is 11.8. The van der Waals surface area contributed by atoms with Crippen molar-refractivity contribution in [3.63, 3.8) is 0 Å². The van der Waals surface area contributed by atoms with E-state index < -0.39 is 5.97 Å². The number of carbonyl (C=O) groups is 3. The number of carbonyl (C=O) groups excluding carboxylic acids is 3. The minimum absolute atomic E-state index is 0.275. The highest BCUT2D eigenvalue weighted by Gasteiger charge is 2.15. The Kier molecular flexibility index (Phi) is 6.13. The summed E-state index contributed by atoms with van der Waals surface area (Å²) in [4.78, 5) is 34.0. The zero-order chi connectivity index (χ0) is 15.8. The average Bonchev–Trinajstić information content (AvgIpc) is 2.58. The molecular weight excluding hydrogens is 282 g/mol. The van der Waals surface area contributed by atoms with Crippen LogP contribution in [0.5, 0.6) is 0 Å². The van der Waals surface area contributed by atoms with Crippen LogP contribution in [0, 0.1) is 5.92 Å². The fourth-order valence-corrected chi connectivity index (χ4v) is 2.61. The summed E-state index contributed by atoms with van der Waals surface area (Å²) < 4.78 is 4.96. The quantitative estimate of drug-likeness (QED) is 0.647. The summed E-state index contributed by atoms with van der Waals surface area (Å²) in [6, 6.07) is 6.08. The molecule has 0 radical (unpaired) electrons. The Balaban J connectivity index is 1.70. The summed E-state index contributed by atoms with van der Waals surface area (Å²) >= 11 is 0. The fourth-order valence-electron chi connectivity index (χ4n) is 2.61. The van der Waals surface area contributed by atoms with Crippen molar-refractivity contribution in [1.29, 1.82) is 0 Å². The smallest absolute Gasteiger partial charge is 0.338 e. The third kappa shape index (κ3) is 4.98. The number of rotatable bonds is 6. The van der Waals surface area contributed by atoms with E-state index in [1.165, 1.54) is 43.5 Å². The van der Waals surface area contributed by atoms with Crippen molar-refractivity contribution in [3.8, 4) is 0 Å². The maximum atomic E-state index is 11.8. The molecule has 1 aliphatic rings. The number of nitrogens with one attached hydrogen (secondary N) is 1. The largest absolute Gasteiger partial charge is 0.452 e. The fraction of sp³-hybridized carbons (Fsp3) is 0.471. The highest BCUT2D eigenvalue weighted by molar-refractivity contribution is 5.92. The molecule has 0 saturated heterocycles. The molecule has 5 heteroatoms. The molecule has 0 spiro atoms. The Morgan fingerprint density at radius 1 is 1.14 bits per heavy atom. The second-order valence-corrected chi connectivity index (χ2v) is 5.62. The molecule has 1 amide bonds. The van der Waals surface area contributed by atoms with Crippen LogP contribution in [0.1, 0.15) is 52.8 Å². The molecule has 1 fully saturated rings. The molecule has 1 saturated carbocycles. The second-order valence-electron chi connectivity index (χ2n) is 5.62. The number of aldehydes is 1. The minimum Gasteiger partial charge on any atom is -0.452 e. The predicted molar refractivity (Wildman–Crippen MR) is 81.7 cm³/mol. The summed E-state index contributed by atoms with van der Waals surface area (Å²) in [5.41, 5.74) is 0.812. The van der Waals surface area contributed by atoms with E-state index in [-0.39, 0.29) is 12.5 Å². The lowest BCUT2D eigenvalue weighted by atomic mass is 9.89. The van der Waals surface area contributed by atoms with E-state index in [0.717, 1.165) is 12.8 Å². The molecule has 0 aromatic heterocycles. The first-order valence-corrected chi connectivity index (χ1v) is 7.68. The Hall–Kier alpha value is -2.17. The van der Waals surface area contributed by atoms with Gasteiger partial charge in [0, 0.05) is 12.1 Å². The van der Waals surface area contributed by atoms with Gasteiger partial charge in [0.15, 0.2) is 6.61 Å². The van der Waals surface area contributed by atoms with Gasteiger partial charge in [-0.2, -0.15) is 0 Å². The number of ether oxygens (including phenoxy) is 1. The number of hydrogen-bond donors (Lipinski definition) is 1. The Morgan fingerprint density at radius 2 is 1.82 bits per heavy atom. The van der Waals surface area contributed by atoms with Crippen LogP contribution in [-0.2, 0) is 9.53 Å². The van der Waals surface area contributed by atoms with Crippen molar-refractivity contribution < 1.29 is 19.1 Å². The number of benzene rings is 1. The third-order valence-corrected chi connectivity index (χ3v) is 3.93. The van der Waals surface area contributed by atoms with Crippen LogP contribution in [0.3, 0.4) is 0 Å². The van der Waals surface area contributed by atoms with E-state index in [9.17, 15) is 14.4 Å². The van der Waals surface area contributed by atoms with Crippen LogP contribution >= 0.6 is 0 Å². The van der Waals surface area contributed by atoms with Gasteiger partial charge < -0.3 is 10.1 Å². The lowest BCUT2D eigenvalue weighted by Gasteiger charge is -2.21. The third-order valence-electron chi connectivity index (χ3n) is 3.93. The lowest BCUT2D eigenvalue weighted by molar-refractivity contribution is -0.124. The van der Waals surface area contributed by atoms with Gasteiger partial charge in [0.05, 0.1) is 5.56 Å². The molecule has 0 unspecified atom stereocenters. The highest BCUT2D eigenvalue weighted by Crippen LogP contribution is 2.22. The first kappa shape index (κ1) is 16.2. The molecule has 0 atom stereocenters. The van der Waals surface area contributed by atoms with Gasteiger partial charge in [0.1, 0.15) is 6.29 Å². The van der Waals surface area contributed by atoms with E-state index in [1.54, 1.807) is 0 Å². The molecule has 1 aliphatic carbocycles. The van der Waals surface area contributed by atoms with Gasteiger partial charge in [0.2, 0.25) is 0 Å². The molecule has 0 aliphatic heterocycles. The summed E-state index contributed by atoms with van der Waals surface area (Å²) in [5, 5.41) is 2.81. The van der Waals surface area contributed by atoms with Crippen LogP contribution in [0.4, 0.5) is 0 Å². The van der Waals surface area contributed by atoms with Crippen LogP contribution in [-0.4, -0.2) is 31.3 Å². The molecule has 118 valence electrons. The van der Waals surface area contributed by atoms with Gasteiger partial charge in [-0.15, -0.1) is 0 Å². The summed E-state index contributed by atoms with van der Waals surface area (Å²) in [6.45, 7) is 0.380. The zero-order valence-electron chi connectivity index (χ0n) is 12.5. The Bertz CT molecular complexity index is 518. The standard InChI is InChI=1S/C17H21NO4/c19-11-14-6-8-15(9-7-14)17(21)22-12-16(20)18-10-13-4-2-1-3-5-13/h6-9,11,13H,1-5,10,12H2,(H,18,20). The normalized spacial score (nSPS) is 15.1. The second kappa shape index (κ2) is 8.32. The van der Waals surface area contributed by atoms with Crippen molar-refractivity contribution >= 4 is 18.2 Å². The van der Waals surface area contributed by atoms with Crippen LogP contribution in [0.15, 0.2) is 24.3 Å². The van der Waals surface area contributed by atoms with Gasteiger partial charge in [-0.1, -0.05) is 31.4 Å². The van der Waals surface area contributed by atoms with Gasteiger partial charge >= 0.3 is 5.97 Å². The SMILES string of the molecule is O=Cc1ccc(C(=O)OCC(=O)NCC2CCCCC2)cc1. The number of hydrogen-bond acceptors (Lipinski definition) is 4. The minimum atomic E-state index is -0.565. The Labute approximate surface area is 130 Å². The van der Waals surface area contributed by atoms with Crippen LogP contribution in [0.25, 0.3) is 0 Å². The molecule has 2 rings (SSSR count). The number of esters is 1. The van der Waals surface area contributed by atoms with E-state index >= 15 is 0 Å². The summed E-state index contributed by atoms with van der Waals surface area (Å²) in [5.74, 6) is -0.294. The van der Waals surface area contributed by atoms with E-state index in [4.69, 9.17) is 4.74 Å². The van der Waals surface area contributed by atoms with Gasteiger partial charge in [-0.3, -0.25) is 9.59 Å². The molecular formula is C17H21NO4. The zero-order valence-corrected chi connectivity index (χ0v) is 12.5. The molecule has 0 heterocycles. The summed E-state index contributed by atoms with van der Waals surface area (Å²) in [6.07, 6.45) is 6.75. The maximum Gasteiger partial charge on any atom is 0.338 e. The molecule has 1 aromatic rings. The lowest BCUT2D eigenvalue weighted by Crippen LogP contribution is -2.33. The van der Waals surface area contributed by atoms with Crippen LogP contribution in [0.2, 0.25) is 0 Å². The van der Waals surface area contributed by atoms with E-state index in [0.29, 0.717) is 29.9 Å². The molecule has 22 heavy (non-hydrogen) atoms. The van der Waals surface area contributed by atoms with Crippen molar-refractivity contribution in [1.82, 2.24) is 5.32 Å². The topological polar surface area (TPSA) is 72.5 Å². The van der Waals surface area contributed by atoms with Gasteiger partial charge in [0.25, 0.3) is 5.91 Å². The summed E-state index contributed by atoms with van der Waals surface area (Å²) in [7, 11) is 0. The van der Waals surface area contributed by atoms with E-state index in [2.05, 4.69) is 5.32 Å². The van der Waals surface area contributed by atoms with Gasteiger partial charge in [-0.25, -0.2) is 4.79 Å². The molecule has 5 nitrogen and oxygen atoms in total. The van der Waals surface area contributed by atoms with Crippen molar-refractivity contribution in [3.05, 3.63) is 35.4 Å². The number of amides is 1. The van der Waals surface area contributed by atoms with Crippen LogP contribution < -0.4 is 5.32 Å².